The Kier molecular flexibility index (Phi) is 4.94. The monoisotopic (exact) mass is 409 g/mol. The van der Waals surface area contributed by atoms with Crippen LogP contribution in [-0.4, -0.2) is 31.8 Å². The molecule has 0 aliphatic heterocycles. The molecule has 1 saturated carbocycles. The van der Waals surface area contributed by atoms with Gasteiger partial charge in [0.05, 0.1) is 23.1 Å². The van der Waals surface area contributed by atoms with Crippen molar-refractivity contribution in [1.82, 2.24) is 19.5 Å². The first-order valence-corrected chi connectivity index (χ1v) is 11.8. The van der Waals surface area contributed by atoms with Crippen LogP contribution in [0.1, 0.15) is 37.7 Å². The van der Waals surface area contributed by atoms with Crippen LogP contribution in [0.4, 0.5) is 5.13 Å². The fraction of sp³-hybridized carbons (Fsp3) is 0.381. The summed E-state index contributed by atoms with van der Waals surface area (Å²) in [6, 6.07) is 9.23. The number of thiazole rings is 1. The molecule has 1 aliphatic carbocycles. The maximum Gasteiger partial charge on any atom is 0.184 e. The number of imidazole rings is 1. The van der Waals surface area contributed by atoms with E-state index < -0.39 is 0 Å². The number of aromatic nitrogens is 4. The second-order valence-corrected chi connectivity index (χ2v) is 9.30. The molecule has 0 unspecified atom stereocenters. The number of hydrogen-bond donors (Lipinski definition) is 1. The molecule has 1 aromatic carbocycles. The lowest BCUT2D eigenvalue weighted by atomic mass is 9.96. The predicted octanol–water partition coefficient (Wildman–Crippen LogP) is 5.56. The number of rotatable bonds is 5. The van der Waals surface area contributed by atoms with E-state index in [9.17, 15) is 0 Å². The lowest BCUT2D eigenvalue weighted by molar-refractivity contribution is 0.462. The lowest BCUT2D eigenvalue weighted by Crippen LogP contribution is -2.21. The first-order valence-electron chi connectivity index (χ1n) is 9.79. The minimum absolute atomic E-state index is 0.586. The van der Waals surface area contributed by atoms with Crippen molar-refractivity contribution in [3.05, 3.63) is 42.4 Å². The van der Waals surface area contributed by atoms with Crippen molar-refractivity contribution in [2.45, 2.75) is 49.6 Å². The van der Waals surface area contributed by atoms with E-state index in [0.29, 0.717) is 6.04 Å². The van der Waals surface area contributed by atoms with Crippen molar-refractivity contribution in [2.75, 3.05) is 11.6 Å². The second-order valence-electron chi connectivity index (χ2n) is 7.39. The summed E-state index contributed by atoms with van der Waals surface area (Å²) in [5, 5.41) is 4.70. The quantitative estimate of drug-likeness (QED) is 0.438. The van der Waals surface area contributed by atoms with Crippen molar-refractivity contribution in [2.24, 2.45) is 0 Å². The molecule has 0 spiro atoms. The van der Waals surface area contributed by atoms with E-state index in [-0.39, 0.29) is 0 Å². The van der Waals surface area contributed by atoms with Gasteiger partial charge >= 0.3 is 0 Å². The first-order chi connectivity index (χ1) is 13.8. The van der Waals surface area contributed by atoms with E-state index in [2.05, 4.69) is 50.4 Å². The molecule has 0 saturated heterocycles. The summed E-state index contributed by atoms with van der Waals surface area (Å²) >= 11 is 3.45. The number of hydrogen-bond acceptors (Lipinski definition) is 6. The molecule has 0 amide bonds. The fourth-order valence-electron chi connectivity index (χ4n) is 3.91. The standard InChI is InChI=1S/C21H23N5S2/c1-27-16-10-18-20(22-11-16)26(13-23-18)12-14-7-8-17-19(9-14)28-21(25-17)24-15-5-3-2-4-6-15/h7-11,13,15H,2-6,12H2,1H3,(H,24,25). The van der Waals surface area contributed by atoms with Crippen LogP contribution in [0.25, 0.3) is 21.4 Å². The predicted molar refractivity (Wildman–Crippen MR) is 119 cm³/mol. The van der Waals surface area contributed by atoms with E-state index in [4.69, 9.17) is 4.98 Å². The smallest absolute Gasteiger partial charge is 0.184 e. The Morgan fingerprint density at radius 2 is 2.04 bits per heavy atom. The molecule has 3 aromatic heterocycles. The molecule has 3 heterocycles. The highest BCUT2D eigenvalue weighted by molar-refractivity contribution is 7.98. The van der Waals surface area contributed by atoms with E-state index in [1.807, 2.05) is 12.5 Å². The summed E-state index contributed by atoms with van der Waals surface area (Å²) in [6.07, 6.45) is 12.4. The van der Waals surface area contributed by atoms with Crippen molar-refractivity contribution < 1.29 is 0 Å². The Labute approximate surface area is 172 Å². The normalized spacial score (nSPS) is 15.5. The van der Waals surface area contributed by atoms with Crippen LogP contribution < -0.4 is 5.32 Å². The molecule has 1 fully saturated rings. The summed E-state index contributed by atoms with van der Waals surface area (Å²) < 4.78 is 3.35. The summed E-state index contributed by atoms with van der Waals surface area (Å²) in [5.74, 6) is 0. The number of anilines is 1. The van der Waals surface area contributed by atoms with Crippen LogP contribution in [0.2, 0.25) is 0 Å². The Morgan fingerprint density at radius 1 is 1.14 bits per heavy atom. The molecule has 5 nitrogen and oxygen atoms in total. The van der Waals surface area contributed by atoms with Gasteiger partial charge in [0.25, 0.3) is 0 Å². The molecular weight excluding hydrogens is 386 g/mol. The molecule has 28 heavy (non-hydrogen) atoms. The third-order valence-electron chi connectivity index (χ3n) is 5.40. The van der Waals surface area contributed by atoms with Crippen LogP contribution in [0.5, 0.6) is 0 Å². The zero-order valence-corrected chi connectivity index (χ0v) is 17.5. The van der Waals surface area contributed by atoms with E-state index in [1.165, 1.54) is 42.4 Å². The Hall–Kier alpha value is -2.12. The van der Waals surface area contributed by atoms with Gasteiger partial charge in [0.2, 0.25) is 0 Å². The van der Waals surface area contributed by atoms with Gasteiger partial charge in [0, 0.05) is 17.1 Å². The average molecular weight is 410 g/mol. The SMILES string of the molecule is CSc1cnc2c(c1)ncn2Cc1ccc2nc(NC3CCCCC3)sc2c1. The average Bonchev–Trinajstić information content (AvgIpc) is 3.31. The third-order valence-corrected chi connectivity index (χ3v) is 7.05. The summed E-state index contributed by atoms with van der Waals surface area (Å²) in [6.45, 7) is 0.765. The van der Waals surface area contributed by atoms with Gasteiger partial charge < -0.3 is 9.88 Å². The van der Waals surface area contributed by atoms with Crippen molar-refractivity contribution >= 4 is 49.6 Å². The summed E-state index contributed by atoms with van der Waals surface area (Å²) in [4.78, 5) is 15.0. The van der Waals surface area contributed by atoms with Crippen molar-refractivity contribution in [1.29, 1.82) is 0 Å². The van der Waals surface area contributed by atoms with Crippen LogP contribution >= 0.6 is 23.1 Å². The minimum atomic E-state index is 0.586. The van der Waals surface area contributed by atoms with Gasteiger partial charge in [0.15, 0.2) is 10.8 Å². The van der Waals surface area contributed by atoms with Gasteiger partial charge in [0.1, 0.15) is 5.52 Å². The third kappa shape index (κ3) is 3.61. The fourth-order valence-corrected chi connectivity index (χ4v) is 5.30. The molecule has 1 aliphatic rings. The minimum Gasteiger partial charge on any atom is -0.359 e. The molecular formula is C21H23N5S2. The van der Waals surface area contributed by atoms with Crippen molar-refractivity contribution in [3.63, 3.8) is 0 Å². The summed E-state index contributed by atoms with van der Waals surface area (Å²) in [5.41, 5.74) is 4.20. The molecule has 7 heteroatoms. The largest absolute Gasteiger partial charge is 0.359 e. The summed E-state index contributed by atoms with van der Waals surface area (Å²) in [7, 11) is 0. The van der Waals surface area contributed by atoms with Gasteiger partial charge in [-0.1, -0.05) is 36.7 Å². The van der Waals surface area contributed by atoms with Gasteiger partial charge in [-0.2, -0.15) is 0 Å². The Bertz CT molecular complexity index is 1110. The van der Waals surface area contributed by atoms with Gasteiger partial charge in [-0.15, -0.1) is 11.8 Å². The van der Waals surface area contributed by atoms with E-state index >= 15 is 0 Å². The highest BCUT2D eigenvalue weighted by Crippen LogP contribution is 2.30. The van der Waals surface area contributed by atoms with Crippen LogP contribution in [0.15, 0.2) is 41.7 Å². The molecule has 0 radical (unpaired) electrons. The van der Waals surface area contributed by atoms with Gasteiger partial charge in [-0.25, -0.2) is 15.0 Å². The van der Waals surface area contributed by atoms with Crippen LogP contribution in [0, 0.1) is 0 Å². The van der Waals surface area contributed by atoms with Crippen LogP contribution in [0.3, 0.4) is 0 Å². The number of thioether (sulfide) groups is 1. The number of pyridine rings is 1. The van der Waals surface area contributed by atoms with E-state index in [1.54, 1.807) is 23.1 Å². The zero-order valence-electron chi connectivity index (χ0n) is 15.9. The lowest BCUT2D eigenvalue weighted by Gasteiger charge is -2.22. The zero-order chi connectivity index (χ0) is 18.9. The number of nitrogens with one attached hydrogen (secondary N) is 1. The molecule has 0 atom stereocenters. The van der Waals surface area contributed by atoms with Gasteiger partial charge in [-0.3, -0.25) is 0 Å². The molecule has 5 rings (SSSR count). The molecule has 1 N–H and O–H groups in total. The first kappa shape index (κ1) is 17.9. The van der Waals surface area contributed by atoms with Gasteiger partial charge in [-0.05, 0) is 42.9 Å². The highest BCUT2D eigenvalue weighted by Gasteiger charge is 2.15. The number of fused-ring (bicyclic) bond motifs is 2. The topological polar surface area (TPSA) is 55.6 Å². The van der Waals surface area contributed by atoms with E-state index in [0.717, 1.165) is 33.3 Å². The number of benzene rings is 1. The highest BCUT2D eigenvalue weighted by atomic mass is 32.2. The van der Waals surface area contributed by atoms with Crippen LogP contribution in [-0.2, 0) is 6.54 Å². The molecule has 0 bridgehead atoms. The van der Waals surface area contributed by atoms with Crippen molar-refractivity contribution in [3.8, 4) is 0 Å². The maximum absolute atomic E-state index is 4.79. The molecule has 4 aromatic rings. The maximum atomic E-state index is 4.79. The Morgan fingerprint density at radius 3 is 2.89 bits per heavy atom. The second kappa shape index (κ2) is 7.72. The molecule has 144 valence electrons. The Balaban J connectivity index is 1.37. The number of nitrogens with zero attached hydrogens (tertiary/aromatic N) is 4.